The number of hydrogen-bond acceptors (Lipinski definition) is 5. The van der Waals surface area contributed by atoms with Gasteiger partial charge in [0, 0.05) is 34.7 Å². The maximum Gasteiger partial charge on any atom is 0.340 e. The van der Waals surface area contributed by atoms with Crippen LogP contribution in [0.25, 0.3) is 22.3 Å². The van der Waals surface area contributed by atoms with Crippen LogP contribution in [-0.4, -0.2) is 20.7 Å². The Bertz CT molecular complexity index is 1080. The molecule has 0 aliphatic heterocycles. The molecule has 2 heterocycles. The average molecular weight is 368 g/mol. The monoisotopic (exact) mass is 367 g/mol. The molecule has 0 atom stereocenters. The van der Waals surface area contributed by atoms with Crippen molar-refractivity contribution >= 4 is 28.5 Å². The van der Waals surface area contributed by atoms with Crippen molar-refractivity contribution in [2.24, 2.45) is 7.05 Å². The van der Waals surface area contributed by atoms with Crippen LogP contribution in [0.4, 0.5) is 0 Å². The Kier molecular flexibility index (Phi) is 4.18. The van der Waals surface area contributed by atoms with Crippen LogP contribution in [0.1, 0.15) is 16.2 Å². The minimum absolute atomic E-state index is 0.0946. The SMILES string of the molecule is Cn1cc(C(=O)OCc2nc(-c3ccc(Cl)cc3)no2)c2ccccc21. The second-order valence-electron chi connectivity index (χ2n) is 5.77. The second-order valence-corrected chi connectivity index (χ2v) is 6.20. The van der Waals surface area contributed by atoms with Gasteiger partial charge in [0.2, 0.25) is 5.82 Å². The van der Waals surface area contributed by atoms with Gasteiger partial charge in [-0.05, 0) is 30.3 Å². The molecule has 0 aliphatic carbocycles. The highest BCUT2D eigenvalue weighted by Crippen LogP contribution is 2.22. The fourth-order valence-electron chi connectivity index (χ4n) is 2.74. The smallest absolute Gasteiger partial charge is 0.340 e. The molecule has 2 aromatic heterocycles. The highest BCUT2D eigenvalue weighted by atomic mass is 35.5. The lowest BCUT2D eigenvalue weighted by Gasteiger charge is -2.00. The largest absolute Gasteiger partial charge is 0.452 e. The third kappa shape index (κ3) is 3.07. The molecule has 7 heteroatoms. The first-order valence-electron chi connectivity index (χ1n) is 7.91. The maximum atomic E-state index is 12.4. The molecule has 26 heavy (non-hydrogen) atoms. The van der Waals surface area contributed by atoms with Crippen LogP contribution in [0.2, 0.25) is 5.02 Å². The van der Waals surface area contributed by atoms with Gasteiger partial charge in [0.1, 0.15) is 0 Å². The van der Waals surface area contributed by atoms with Crippen molar-refractivity contribution < 1.29 is 14.1 Å². The summed E-state index contributed by atoms with van der Waals surface area (Å²) >= 11 is 5.87. The van der Waals surface area contributed by atoms with Gasteiger partial charge in [-0.1, -0.05) is 35.0 Å². The Morgan fingerprint density at radius 3 is 2.77 bits per heavy atom. The van der Waals surface area contributed by atoms with E-state index < -0.39 is 5.97 Å². The fourth-order valence-corrected chi connectivity index (χ4v) is 2.87. The number of carbonyl (C=O) groups excluding carboxylic acids is 1. The zero-order valence-corrected chi connectivity index (χ0v) is 14.6. The molecule has 0 amide bonds. The summed E-state index contributed by atoms with van der Waals surface area (Å²) in [5.74, 6) is 0.203. The number of nitrogens with zero attached hydrogens (tertiary/aromatic N) is 3. The lowest BCUT2D eigenvalue weighted by Crippen LogP contribution is -2.05. The van der Waals surface area contributed by atoms with E-state index in [-0.39, 0.29) is 12.5 Å². The number of aromatic nitrogens is 3. The van der Waals surface area contributed by atoms with Crippen molar-refractivity contribution in [1.29, 1.82) is 0 Å². The van der Waals surface area contributed by atoms with Gasteiger partial charge >= 0.3 is 5.97 Å². The summed E-state index contributed by atoms with van der Waals surface area (Å²) in [5.41, 5.74) is 2.23. The van der Waals surface area contributed by atoms with E-state index in [1.54, 1.807) is 30.5 Å². The van der Waals surface area contributed by atoms with E-state index in [4.69, 9.17) is 20.9 Å². The topological polar surface area (TPSA) is 70.2 Å². The van der Waals surface area contributed by atoms with Crippen LogP contribution in [-0.2, 0) is 18.4 Å². The van der Waals surface area contributed by atoms with Crippen molar-refractivity contribution in [2.75, 3.05) is 0 Å². The molecule has 6 nitrogen and oxygen atoms in total. The van der Waals surface area contributed by atoms with Crippen molar-refractivity contribution in [3.05, 3.63) is 71.2 Å². The van der Waals surface area contributed by atoms with Gasteiger partial charge in [0.15, 0.2) is 6.61 Å². The molecule has 4 aromatic rings. The van der Waals surface area contributed by atoms with Gasteiger partial charge in [-0.3, -0.25) is 0 Å². The van der Waals surface area contributed by atoms with E-state index in [2.05, 4.69) is 10.1 Å². The highest BCUT2D eigenvalue weighted by Gasteiger charge is 2.17. The summed E-state index contributed by atoms with van der Waals surface area (Å²) in [5, 5.41) is 5.36. The first-order valence-corrected chi connectivity index (χ1v) is 8.29. The number of fused-ring (bicyclic) bond motifs is 1. The molecule has 0 N–H and O–H groups in total. The van der Waals surface area contributed by atoms with E-state index in [1.165, 1.54) is 0 Å². The zero-order chi connectivity index (χ0) is 18.1. The third-order valence-electron chi connectivity index (χ3n) is 4.01. The number of carbonyl (C=O) groups is 1. The minimum atomic E-state index is -0.437. The van der Waals surface area contributed by atoms with Crippen LogP contribution in [0.3, 0.4) is 0 Å². The van der Waals surface area contributed by atoms with Gasteiger partial charge in [-0.2, -0.15) is 4.98 Å². The predicted octanol–water partition coefficient (Wildman–Crippen LogP) is 4.24. The number of hydrogen-bond donors (Lipinski definition) is 0. The Morgan fingerprint density at radius 1 is 1.19 bits per heavy atom. The lowest BCUT2D eigenvalue weighted by atomic mass is 10.2. The second kappa shape index (κ2) is 6.65. The molecule has 0 bridgehead atoms. The van der Waals surface area contributed by atoms with Crippen molar-refractivity contribution in [1.82, 2.24) is 14.7 Å². The number of para-hydroxylation sites is 1. The summed E-state index contributed by atoms with van der Waals surface area (Å²) in [6.07, 6.45) is 1.75. The molecule has 0 aliphatic rings. The minimum Gasteiger partial charge on any atom is -0.452 e. The molecular weight excluding hydrogens is 354 g/mol. The summed E-state index contributed by atoms with van der Waals surface area (Å²) in [6, 6.07) is 14.7. The fraction of sp³-hybridized carbons (Fsp3) is 0.105. The van der Waals surface area contributed by atoms with E-state index in [1.807, 2.05) is 35.9 Å². The summed E-state index contributed by atoms with van der Waals surface area (Å²) in [6.45, 7) is -0.0946. The van der Waals surface area contributed by atoms with Gasteiger partial charge in [-0.15, -0.1) is 0 Å². The quantitative estimate of drug-likeness (QED) is 0.504. The van der Waals surface area contributed by atoms with Crippen LogP contribution in [0, 0.1) is 0 Å². The first-order chi connectivity index (χ1) is 12.6. The Labute approximate surface area is 154 Å². The maximum absolute atomic E-state index is 12.4. The Morgan fingerprint density at radius 2 is 1.96 bits per heavy atom. The normalized spacial score (nSPS) is 11.0. The van der Waals surface area contributed by atoms with Gasteiger partial charge in [0.25, 0.3) is 5.89 Å². The van der Waals surface area contributed by atoms with Crippen molar-refractivity contribution in [3.63, 3.8) is 0 Å². The molecule has 0 fully saturated rings. The number of ether oxygens (including phenoxy) is 1. The molecule has 0 saturated heterocycles. The van der Waals surface area contributed by atoms with Crippen molar-refractivity contribution in [2.45, 2.75) is 6.61 Å². The van der Waals surface area contributed by atoms with E-state index in [0.717, 1.165) is 16.5 Å². The third-order valence-corrected chi connectivity index (χ3v) is 4.27. The summed E-state index contributed by atoms with van der Waals surface area (Å²) < 4.78 is 12.4. The van der Waals surface area contributed by atoms with Crippen molar-refractivity contribution in [3.8, 4) is 11.4 Å². The molecular formula is C19H14ClN3O3. The van der Waals surface area contributed by atoms with E-state index in [9.17, 15) is 4.79 Å². The average Bonchev–Trinajstić information content (AvgIpc) is 3.26. The van der Waals surface area contributed by atoms with Gasteiger partial charge in [0.05, 0.1) is 5.56 Å². The number of aryl methyl sites for hydroxylation is 1. The predicted molar refractivity (Wildman–Crippen MR) is 96.8 cm³/mol. The molecule has 0 unspecified atom stereocenters. The van der Waals surface area contributed by atoms with Crippen LogP contribution in [0.15, 0.2) is 59.3 Å². The van der Waals surface area contributed by atoms with Gasteiger partial charge < -0.3 is 13.8 Å². The van der Waals surface area contributed by atoms with E-state index >= 15 is 0 Å². The molecule has 2 aromatic carbocycles. The summed E-state index contributed by atoms with van der Waals surface area (Å²) in [4.78, 5) is 16.7. The Hall–Kier alpha value is -3.12. The van der Waals surface area contributed by atoms with Crippen LogP contribution in [0.5, 0.6) is 0 Å². The van der Waals surface area contributed by atoms with Crippen LogP contribution < -0.4 is 0 Å². The Balaban J connectivity index is 1.49. The number of esters is 1. The molecule has 0 saturated carbocycles. The highest BCUT2D eigenvalue weighted by molar-refractivity contribution is 6.30. The number of halogens is 1. The van der Waals surface area contributed by atoms with Crippen LogP contribution >= 0.6 is 11.6 Å². The number of benzene rings is 2. The van der Waals surface area contributed by atoms with Gasteiger partial charge in [-0.25, -0.2) is 4.79 Å². The molecule has 0 radical (unpaired) electrons. The molecule has 130 valence electrons. The first kappa shape index (κ1) is 16.4. The van der Waals surface area contributed by atoms with E-state index in [0.29, 0.717) is 16.4 Å². The zero-order valence-electron chi connectivity index (χ0n) is 13.8. The lowest BCUT2D eigenvalue weighted by molar-refractivity contribution is 0.0432. The number of rotatable bonds is 4. The standard InChI is InChI=1S/C19H14ClN3O3/c1-23-10-15(14-4-2-3-5-16(14)23)19(24)25-11-17-21-18(22-26-17)12-6-8-13(20)9-7-12/h2-10H,11H2,1H3. The summed E-state index contributed by atoms with van der Waals surface area (Å²) in [7, 11) is 1.88. The molecule has 0 spiro atoms. The molecule has 4 rings (SSSR count).